The Morgan fingerprint density at radius 2 is 1.79 bits per heavy atom. The summed E-state index contributed by atoms with van der Waals surface area (Å²) in [6, 6.07) is 13.6. The second kappa shape index (κ2) is 8.45. The van der Waals surface area contributed by atoms with Gasteiger partial charge in [-0.25, -0.2) is 4.39 Å². The Labute approximate surface area is 142 Å². The zero-order chi connectivity index (χ0) is 17.5. The van der Waals surface area contributed by atoms with Gasteiger partial charge in [-0.05, 0) is 55.4 Å². The summed E-state index contributed by atoms with van der Waals surface area (Å²) in [7, 11) is 1.60. The van der Waals surface area contributed by atoms with E-state index in [-0.39, 0.29) is 24.3 Å². The fourth-order valence-electron chi connectivity index (χ4n) is 2.53. The van der Waals surface area contributed by atoms with E-state index in [1.807, 2.05) is 18.7 Å². The van der Waals surface area contributed by atoms with Gasteiger partial charge >= 0.3 is 0 Å². The zero-order valence-electron chi connectivity index (χ0n) is 14.3. The molecular formula is C19H23FN2O2. The van der Waals surface area contributed by atoms with Crippen molar-refractivity contribution >= 4 is 11.6 Å². The highest BCUT2D eigenvalue weighted by molar-refractivity contribution is 5.92. The Hall–Kier alpha value is -2.40. The van der Waals surface area contributed by atoms with Gasteiger partial charge in [-0.3, -0.25) is 9.69 Å². The summed E-state index contributed by atoms with van der Waals surface area (Å²) in [4.78, 5) is 14.3. The van der Waals surface area contributed by atoms with Crippen LogP contribution >= 0.6 is 0 Å². The largest absolute Gasteiger partial charge is 0.497 e. The molecule has 0 aliphatic heterocycles. The number of amides is 1. The van der Waals surface area contributed by atoms with Crippen LogP contribution in [0.4, 0.5) is 10.1 Å². The molecule has 2 rings (SSSR count). The summed E-state index contributed by atoms with van der Waals surface area (Å²) in [5.41, 5.74) is 1.71. The molecule has 5 heteroatoms. The number of carbonyl (C=O) groups excluding carboxylic acids is 1. The summed E-state index contributed by atoms with van der Waals surface area (Å²) < 4.78 is 18.2. The molecule has 24 heavy (non-hydrogen) atoms. The molecule has 0 aliphatic rings. The van der Waals surface area contributed by atoms with Crippen molar-refractivity contribution in [3.8, 4) is 5.75 Å². The van der Waals surface area contributed by atoms with Gasteiger partial charge in [0.2, 0.25) is 5.91 Å². The van der Waals surface area contributed by atoms with Gasteiger partial charge in [-0.2, -0.15) is 0 Å². The molecule has 1 atom stereocenters. The summed E-state index contributed by atoms with van der Waals surface area (Å²) in [6.45, 7) is 4.99. The molecule has 1 amide bonds. The second-order valence-electron chi connectivity index (χ2n) is 5.57. The van der Waals surface area contributed by atoms with Gasteiger partial charge in [0.1, 0.15) is 11.6 Å². The topological polar surface area (TPSA) is 41.6 Å². The van der Waals surface area contributed by atoms with Crippen LogP contribution in [0.5, 0.6) is 5.75 Å². The second-order valence-corrected chi connectivity index (χ2v) is 5.57. The minimum Gasteiger partial charge on any atom is -0.497 e. The highest BCUT2D eigenvalue weighted by Gasteiger charge is 2.17. The Balaban J connectivity index is 1.97. The number of rotatable bonds is 7. The van der Waals surface area contributed by atoms with Crippen LogP contribution in [0.1, 0.15) is 25.5 Å². The molecule has 1 N–H and O–H groups in total. The summed E-state index contributed by atoms with van der Waals surface area (Å²) in [6.07, 6.45) is 0. The van der Waals surface area contributed by atoms with Crippen LogP contribution in [0.2, 0.25) is 0 Å². The van der Waals surface area contributed by atoms with Crippen molar-refractivity contribution < 1.29 is 13.9 Å². The third kappa shape index (κ3) is 4.80. The lowest BCUT2D eigenvalue weighted by Gasteiger charge is -2.27. The normalized spacial score (nSPS) is 12.0. The lowest BCUT2D eigenvalue weighted by Crippen LogP contribution is -2.35. The fraction of sp³-hybridized carbons (Fsp3) is 0.316. The third-order valence-electron chi connectivity index (χ3n) is 4.03. The van der Waals surface area contributed by atoms with Gasteiger partial charge in [-0.15, -0.1) is 0 Å². The predicted molar refractivity (Wildman–Crippen MR) is 93.7 cm³/mol. The van der Waals surface area contributed by atoms with E-state index in [2.05, 4.69) is 5.32 Å². The monoisotopic (exact) mass is 330 g/mol. The van der Waals surface area contributed by atoms with Crippen molar-refractivity contribution in [1.29, 1.82) is 0 Å². The first-order chi connectivity index (χ1) is 11.5. The maximum atomic E-state index is 13.1. The van der Waals surface area contributed by atoms with Crippen LogP contribution in [0.3, 0.4) is 0 Å². The number of benzene rings is 2. The van der Waals surface area contributed by atoms with Crippen LogP contribution in [0.15, 0.2) is 48.5 Å². The van der Waals surface area contributed by atoms with Crippen LogP contribution in [0, 0.1) is 5.82 Å². The van der Waals surface area contributed by atoms with E-state index in [0.717, 1.165) is 17.0 Å². The highest BCUT2D eigenvalue weighted by Crippen LogP contribution is 2.20. The quantitative estimate of drug-likeness (QED) is 0.838. The molecule has 0 spiro atoms. The van der Waals surface area contributed by atoms with Crippen molar-refractivity contribution in [3.63, 3.8) is 0 Å². The van der Waals surface area contributed by atoms with Gasteiger partial charge in [0.15, 0.2) is 0 Å². The molecule has 0 fully saturated rings. The van der Waals surface area contributed by atoms with Crippen LogP contribution < -0.4 is 10.1 Å². The van der Waals surface area contributed by atoms with Crippen LogP contribution in [0.25, 0.3) is 0 Å². The molecule has 0 heterocycles. The van der Waals surface area contributed by atoms with E-state index < -0.39 is 0 Å². The maximum Gasteiger partial charge on any atom is 0.238 e. The maximum absolute atomic E-state index is 13.1. The molecule has 0 aromatic heterocycles. The molecule has 0 radical (unpaired) electrons. The SMILES string of the molecule is CCN(CC(=O)Nc1ccc(OC)cc1)C(C)c1ccc(F)cc1. The Bertz CT molecular complexity index is 656. The Morgan fingerprint density at radius 3 is 2.33 bits per heavy atom. The average molecular weight is 330 g/mol. The minimum absolute atomic E-state index is 0.0252. The van der Waals surface area contributed by atoms with Crippen LogP contribution in [-0.4, -0.2) is 31.0 Å². The number of halogens is 1. The number of methoxy groups -OCH3 is 1. The Kier molecular flexibility index (Phi) is 6.32. The van der Waals surface area contributed by atoms with Gasteiger partial charge in [0, 0.05) is 11.7 Å². The van der Waals surface area contributed by atoms with Crippen molar-refractivity contribution in [1.82, 2.24) is 4.90 Å². The number of hydrogen-bond donors (Lipinski definition) is 1. The van der Waals surface area contributed by atoms with E-state index >= 15 is 0 Å². The number of hydrogen-bond acceptors (Lipinski definition) is 3. The number of nitrogens with zero attached hydrogens (tertiary/aromatic N) is 1. The van der Waals surface area contributed by atoms with Gasteiger partial charge in [0.25, 0.3) is 0 Å². The smallest absolute Gasteiger partial charge is 0.238 e. The number of ether oxygens (including phenoxy) is 1. The molecule has 0 bridgehead atoms. The summed E-state index contributed by atoms with van der Waals surface area (Å²) >= 11 is 0. The van der Waals surface area contributed by atoms with Crippen molar-refractivity contribution in [2.45, 2.75) is 19.9 Å². The highest BCUT2D eigenvalue weighted by atomic mass is 19.1. The first-order valence-electron chi connectivity index (χ1n) is 7.97. The number of anilines is 1. The van der Waals surface area contributed by atoms with Crippen molar-refractivity contribution in [2.24, 2.45) is 0 Å². The minimum atomic E-state index is -0.258. The molecule has 1 unspecified atom stereocenters. The lowest BCUT2D eigenvalue weighted by molar-refractivity contribution is -0.117. The molecular weight excluding hydrogens is 307 g/mol. The molecule has 0 aliphatic carbocycles. The predicted octanol–water partition coefficient (Wildman–Crippen LogP) is 3.86. The van der Waals surface area contributed by atoms with E-state index in [9.17, 15) is 9.18 Å². The number of carbonyl (C=O) groups is 1. The van der Waals surface area contributed by atoms with Crippen LogP contribution in [-0.2, 0) is 4.79 Å². The fourth-order valence-corrected chi connectivity index (χ4v) is 2.53. The lowest BCUT2D eigenvalue weighted by atomic mass is 10.1. The standard InChI is InChI=1S/C19H23FN2O2/c1-4-22(14(2)15-5-7-16(20)8-6-15)13-19(23)21-17-9-11-18(24-3)12-10-17/h5-12,14H,4,13H2,1-3H3,(H,21,23). The molecule has 128 valence electrons. The van der Waals surface area contributed by atoms with E-state index in [4.69, 9.17) is 4.74 Å². The molecule has 0 saturated carbocycles. The van der Waals surface area contributed by atoms with Gasteiger partial charge in [-0.1, -0.05) is 19.1 Å². The molecule has 0 saturated heterocycles. The zero-order valence-corrected chi connectivity index (χ0v) is 14.3. The van der Waals surface area contributed by atoms with E-state index in [1.54, 1.807) is 43.5 Å². The van der Waals surface area contributed by atoms with E-state index in [0.29, 0.717) is 6.54 Å². The van der Waals surface area contributed by atoms with Crippen molar-refractivity contribution in [3.05, 3.63) is 59.9 Å². The van der Waals surface area contributed by atoms with Gasteiger partial charge < -0.3 is 10.1 Å². The third-order valence-corrected chi connectivity index (χ3v) is 4.03. The van der Waals surface area contributed by atoms with Gasteiger partial charge in [0.05, 0.1) is 13.7 Å². The van der Waals surface area contributed by atoms with Crippen molar-refractivity contribution in [2.75, 3.05) is 25.5 Å². The average Bonchev–Trinajstić information content (AvgIpc) is 2.60. The first-order valence-corrected chi connectivity index (χ1v) is 7.97. The molecule has 4 nitrogen and oxygen atoms in total. The number of nitrogens with one attached hydrogen (secondary N) is 1. The Morgan fingerprint density at radius 1 is 1.17 bits per heavy atom. The first kappa shape index (κ1) is 17.9. The van der Waals surface area contributed by atoms with E-state index in [1.165, 1.54) is 12.1 Å². The molecule has 2 aromatic rings. The summed E-state index contributed by atoms with van der Waals surface area (Å²) in [5, 5.41) is 2.88. The molecule has 2 aromatic carbocycles. The summed E-state index contributed by atoms with van der Waals surface area (Å²) in [5.74, 6) is 0.398. The number of likely N-dealkylation sites (N-methyl/N-ethyl adjacent to an activating group) is 1.